The number of hydrogen-bond acceptors (Lipinski definition) is 5. The molecule has 2 saturated heterocycles. The number of rotatable bonds is 5. The van der Waals surface area contributed by atoms with E-state index in [0.29, 0.717) is 31.7 Å². The summed E-state index contributed by atoms with van der Waals surface area (Å²) >= 11 is 0. The molecule has 0 atom stereocenters. The second-order valence-corrected chi connectivity index (χ2v) is 8.87. The normalized spacial score (nSPS) is 21.5. The van der Waals surface area contributed by atoms with Crippen LogP contribution in [0.4, 0.5) is 4.79 Å². The molecule has 7 heteroatoms. The van der Waals surface area contributed by atoms with Crippen LogP contribution in [0.1, 0.15) is 42.4 Å². The molecule has 31 heavy (non-hydrogen) atoms. The van der Waals surface area contributed by atoms with Crippen LogP contribution in [0.2, 0.25) is 0 Å². The molecule has 2 aliphatic heterocycles. The fourth-order valence-corrected chi connectivity index (χ4v) is 5.60. The average Bonchev–Trinajstić information content (AvgIpc) is 3.46. The maximum atomic E-state index is 13.7. The summed E-state index contributed by atoms with van der Waals surface area (Å²) in [7, 11) is 0. The molecule has 7 nitrogen and oxygen atoms in total. The SMILES string of the molecule is CCN1C(=O)N(C2Cc3ccccc3C2)C(=O)C12CCN(Cc1ccc(CO)o1)CC2. The van der Waals surface area contributed by atoms with Gasteiger partial charge < -0.3 is 14.4 Å². The number of amides is 3. The van der Waals surface area contributed by atoms with E-state index in [0.717, 1.165) is 31.7 Å². The predicted octanol–water partition coefficient (Wildman–Crippen LogP) is 2.56. The van der Waals surface area contributed by atoms with E-state index in [1.807, 2.05) is 30.0 Å². The van der Waals surface area contributed by atoms with Crippen molar-refractivity contribution in [2.45, 2.75) is 57.3 Å². The van der Waals surface area contributed by atoms with E-state index in [2.05, 4.69) is 17.0 Å². The van der Waals surface area contributed by atoms with Crippen LogP contribution in [0.3, 0.4) is 0 Å². The van der Waals surface area contributed by atoms with Crippen LogP contribution in [-0.2, 0) is 30.8 Å². The number of aliphatic hydroxyl groups is 1. The van der Waals surface area contributed by atoms with Gasteiger partial charge in [0.25, 0.3) is 5.91 Å². The van der Waals surface area contributed by atoms with Crippen LogP contribution in [-0.4, -0.2) is 63.0 Å². The first-order valence-corrected chi connectivity index (χ1v) is 11.2. The van der Waals surface area contributed by atoms with Crippen molar-refractivity contribution in [2.75, 3.05) is 19.6 Å². The highest BCUT2D eigenvalue weighted by atomic mass is 16.4. The van der Waals surface area contributed by atoms with Gasteiger partial charge in [0, 0.05) is 25.7 Å². The minimum absolute atomic E-state index is 0.0163. The lowest BCUT2D eigenvalue weighted by atomic mass is 9.85. The quantitative estimate of drug-likeness (QED) is 0.748. The monoisotopic (exact) mass is 423 g/mol. The Bertz CT molecular complexity index is 967. The van der Waals surface area contributed by atoms with Crippen LogP contribution in [0, 0.1) is 0 Å². The summed E-state index contributed by atoms with van der Waals surface area (Å²) in [5.41, 5.74) is 1.76. The molecule has 164 valence electrons. The van der Waals surface area contributed by atoms with E-state index in [4.69, 9.17) is 4.42 Å². The van der Waals surface area contributed by atoms with Gasteiger partial charge in [0.1, 0.15) is 23.7 Å². The standard InChI is InChI=1S/C24H29N3O4/c1-2-26-23(30)27(19-13-17-5-3-4-6-18(17)14-19)22(29)24(26)9-11-25(12-10-24)15-20-7-8-21(16-28)31-20/h3-8,19,28H,2,9-16H2,1H3. The van der Waals surface area contributed by atoms with Crippen molar-refractivity contribution in [1.82, 2.24) is 14.7 Å². The third-order valence-electron chi connectivity index (χ3n) is 7.22. The number of likely N-dealkylation sites (N-methyl/N-ethyl adjacent to an activating group) is 1. The minimum atomic E-state index is -0.726. The van der Waals surface area contributed by atoms with Gasteiger partial charge in [-0.05, 0) is 55.9 Å². The molecule has 1 aliphatic carbocycles. The third-order valence-corrected chi connectivity index (χ3v) is 7.22. The second kappa shape index (κ2) is 7.80. The van der Waals surface area contributed by atoms with Gasteiger partial charge in [0.05, 0.1) is 6.54 Å². The van der Waals surface area contributed by atoms with Gasteiger partial charge in [0.15, 0.2) is 0 Å². The van der Waals surface area contributed by atoms with E-state index in [9.17, 15) is 14.7 Å². The number of piperidine rings is 1. The average molecular weight is 424 g/mol. The largest absolute Gasteiger partial charge is 0.462 e. The fraction of sp³-hybridized carbons (Fsp3) is 0.500. The molecule has 0 radical (unpaired) electrons. The summed E-state index contributed by atoms with van der Waals surface area (Å²) < 4.78 is 5.62. The van der Waals surface area contributed by atoms with Gasteiger partial charge in [-0.25, -0.2) is 4.79 Å². The molecule has 3 aliphatic rings. The fourth-order valence-electron chi connectivity index (χ4n) is 5.60. The molecule has 1 spiro atoms. The van der Waals surface area contributed by atoms with Gasteiger partial charge in [-0.15, -0.1) is 0 Å². The first kappa shape index (κ1) is 20.3. The highest BCUT2D eigenvalue weighted by Gasteiger charge is 2.59. The number of urea groups is 1. The lowest BCUT2D eigenvalue weighted by molar-refractivity contribution is -0.137. The Morgan fingerprint density at radius 2 is 1.68 bits per heavy atom. The molecule has 0 unspecified atom stereocenters. The molecule has 1 aromatic carbocycles. The maximum absolute atomic E-state index is 13.7. The number of fused-ring (bicyclic) bond motifs is 1. The van der Waals surface area contributed by atoms with Crippen LogP contribution in [0.15, 0.2) is 40.8 Å². The van der Waals surface area contributed by atoms with Crippen molar-refractivity contribution in [2.24, 2.45) is 0 Å². The minimum Gasteiger partial charge on any atom is -0.462 e. The zero-order chi connectivity index (χ0) is 21.6. The number of furan rings is 1. The van der Waals surface area contributed by atoms with Crippen molar-refractivity contribution < 1.29 is 19.1 Å². The Kier molecular flexibility index (Phi) is 5.10. The maximum Gasteiger partial charge on any atom is 0.327 e. The van der Waals surface area contributed by atoms with Gasteiger partial charge >= 0.3 is 6.03 Å². The van der Waals surface area contributed by atoms with Crippen molar-refractivity contribution in [3.8, 4) is 0 Å². The van der Waals surface area contributed by atoms with Gasteiger partial charge in [-0.1, -0.05) is 24.3 Å². The van der Waals surface area contributed by atoms with Crippen LogP contribution in [0.25, 0.3) is 0 Å². The Hall–Kier alpha value is -2.64. The Balaban J connectivity index is 1.31. The van der Waals surface area contributed by atoms with Crippen LogP contribution < -0.4 is 0 Å². The van der Waals surface area contributed by atoms with Gasteiger partial charge in [-0.2, -0.15) is 0 Å². The molecule has 1 N–H and O–H groups in total. The van der Waals surface area contributed by atoms with Crippen LogP contribution >= 0.6 is 0 Å². The topological polar surface area (TPSA) is 77.2 Å². The van der Waals surface area contributed by atoms with Crippen molar-refractivity contribution in [3.63, 3.8) is 0 Å². The molecular formula is C24H29N3O4. The van der Waals surface area contributed by atoms with Crippen molar-refractivity contribution in [3.05, 3.63) is 59.0 Å². The molecule has 2 aromatic rings. The summed E-state index contributed by atoms with van der Waals surface area (Å²) in [4.78, 5) is 32.7. The molecule has 1 aromatic heterocycles. The molecule has 3 heterocycles. The molecule has 3 amide bonds. The molecular weight excluding hydrogens is 394 g/mol. The van der Waals surface area contributed by atoms with E-state index in [-0.39, 0.29) is 24.6 Å². The molecule has 0 saturated carbocycles. The first-order chi connectivity index (χ1) is 15.1. The smallest absolute Gasteiger partial charge is 0.327 e. The number of hydrogen-bond donors (Lipinski definition) is 1. The highest BCUT2D eigenvalue weighted by molar-refractivity contribution is 6.07. The first-order valence-electron chi connectivity index (χ1n) is 11.2. The zero-order valence-electron chi connectivity index (χ0n) is 17.9. The number of nitrogens with zero attached hydrogens (tertiary/aromatic N) is 3. The molecule has 0 bridgehead atoms. The Morgan fingerprint density at radius 1 is 1.03 bits per heavy atom. The summed E-state index contributed by atoms with van der Waals surface area (Å²) in [6, 6.07) is 11.7. The predicted molar refractivity (Wildman–Crippen MR) is 114 cm³/mol. The number of benzene rings is 1. The van der Waals surface area contributed by atoms with Crippen molar-refractivity contribution >= 4 is 11.9 Å². The van der Waals surface area contributed by atoms with E-state index in [1.54, 1.807) is 11.0 Å². The zero-order valence-corrected chi connectivity index (χ0v) is 17.9. The number of carbonyl (C=O) groups is 2. The number of carbonyl (C=O) groups excluding carboxylic acids is 2. The summed E-state index contributed by atoms with van der Waals surface area (Å²) in [5, 5.41) is 9.19. The van der Waals surface area contributed by atoms with E-state index < -0.39 is 5.54 Å². The number of imide groups is 1. The van der Waals surface area contributed by atoms with E-state index in [1.165, 1.54) is 11.1 Å². The Morgan fingerprint density at radius 3 is 2.26 bits per heavy atom. The van der Waals surface area contributed by atoms with E-state index >= 15 is 0 Å². The Labute approximate surface area is 182 Å². The van der Waals surface area contributed by atoms with Gasteiger partial charge in [0.2, 0.25) is 0 Å². The lowest BCUT2D eigenvalue weighted by Crippen LogP contribution is -2.56. The lowest BCUT2D eigenvalue weighted by Gasteiger charge is -2.41. The number of likely N-dealkylation sites (tertiary alicyclic amines) is 1. The summed E-state index contributed by atoms with van der Waals surface area (Å²) in [6.45, 7) is 4.50. The molecule has 2 fully saturated rings. The van der Waals surface area contributed by atoms with Crippen LogP contribution in [0.5, 0.6) is 0 Å². The molecule has 5 rings (SSSR count). The number of aliphatic hydroxyl groups excluding tert-OH is 1. The van der Waals surface area contributed by atoms with Gasteiger partial charge in [-0.3, -0.25) is 14.6 Å². The second-order valence-electron chi connectivity index (χ2n) is 8.87. The summed E-state index contributed by atoms with van der Waals surface area (Å²) in [5.74, 6) is 1.36. The van der Waals surface area contributed by atoms with Crippen molar-refractivity contribution in [1.29, 1.82) is 0 Å². The highest BCUT2D eigenvalue weighted by Crippen LogP contribution is 2.40. The third kappa shape index (κ3) is 3.27. The summed E-state index contributed by atoms with van der Waals surface area (Å²) in [6.07, 6.45) is 2.77.